The van der Waals surface area contributed by atoms with Crippen molar-refractivity contribution in [2.75, 3.05) is 112 Å². The standard InChI is InChI=1S/C29H34FN7O2.C27H28FN7O/c1-38-29(39-2)20-34-14-16-35(17-15-34)27-10-4-8-23(32-27)25-19-31-26-11-12-28(33-37(25)26)36-13-5-9-24(36)21-6-3-7-22(30)18-21;28-21-5-1-4-20(18-21)23-7-3-11-34(23)27-10-9-25-29-19-24(35(25)31-27)22-6-2-8-26(30-22)33-14-12-32(13-15-33)16-17-36/h3-4,6-8,10-12,18-19,24,29H,5,9,13-17,20H2,1-2H3;1-2,4-6,8-10,17-19,23H,3,7,11-16H2/t24-;23-/m11/s1. The van der Waals surface area contributed by atoms with Gasteiger partial charge in [0.25, 0.3) is 0 Å². The molecule has 0 aliphatic carbocycles. The third-order valence-electron chi connectivity index (χ3n) is 14.9. The van der Waals surface area contributed by atoms with Crippen LogP contribution in [0, 0.1) is 11.6 Å². The number of halogens is 2. The number of piperazine rings is 2. The van der Waals surface area contributed by atoms with Crippen molar-refractivity contribution in [2.24, 2.45) is 0 Å². The second-order valence-electron chi connectivity index (χ2n) is 19.4. The molecule has 17 nitrogen and oxygen atoms in total. The van der Waals surface area contributed by atoms with Crippen molar-refractivity contribution < 1.29 is 23.0 Å². The van der Waals surface area contributed by atoms with Gasteiger partial charge < -0.3 is 33.9 Å². The molecule has 4 saturated heterocycles. The lowest BCUT2D eigenvalue weighted by atomic mass is 10.0. The van der Waals surface area contributed by atoms with Gasteiger partial charge in [-0.3, -0.25) is 9.80 Å². The molecule has 8 aromatic rings. The van der Waals surface area contributed by atoms with Crippen molar-refractivity contribution in [3.63, 3.8) is 0 Å². The van der Waals surface area contributed by atoms with Gasteiger partial charge in [-0.05, 0) is 110 Å². The van der Waals surface area contributed by atoms with Crippen molar-refractivity contribution in [3.8, 4) is 22.8 Å². The van der Waals surface area contributed by atoms with E-state index in [1.165, 1.54) is 12.1 Å². The normalized spacial score (nSPS) is 18.6. The molecule has 6 aromatic heterocycles. The molecular formula is C56H62F2N14O3. The van der Waals surface area contributed by atoms with Gasteiger partial charge in [-0.2, -0.15) is 0 Å². The number of nitrogens with zero attached hydrogens (tertiary/aromatic N) is 14. The number of pyridine rings is 2. The third kappa shape index (κ3) is 10.9. The Morgan fingerprint density at radius 1 is 0.560 bits per heavy atom. The fourth-order valence-electron chi connectivity index (χ4n) is 11.0. The van der Waals surface area contributed by atoms with Crippen LogP contribution in [0.5, 0.6) is 0 Å². The summed E-state index contributed by atoms with van der Waals surface area (Å²) in [5, 5.41) is 9.95. The molecule has 75 heavy (non-hydrogen) atoms. The highest BCUT2D eigenvalue weighted by molar-refractivity contribution is 5.64. The lowest BCUT2D eigenvalue weighted by Gasteiger charge is -2.36. The molecule has 0 unspecified atom stereocenters. The van der Waals surface area contributed by atoms with E-state index in [-0.39, 0.29) is 30.0 Å². The highest BCUT2D eigenvalue weighted by Gasteiger charge is 2.30. The predicted octanol–water partition coefficient (Wildman–Crippen LogP) is 7.61. The molecule has 2 atom stereocenters. The maximum atomic E-state index is 14.0. The Morgan fingerprint density at radius 2 is 1.03 bits per heavy atom. The minimum absolute atomic E-state index is 0.0944. The van der Waals surface area contributed by atoms with Crippen LogP contribution < -0.4 is 19.6 Å². The summed E-state index contributed by atoms with van der Waals surface area (Å²) in [5.41, 5.74) is 6.79. The topological polar surface area (TPSA) is 141 Å². The van der Waals surface area contributed by atoms with Crippen molar-refractivity contribution >= 4 is 40.9 Å². The Bertz CT molecular complexity index is 3230. The molecule has 4 aliphatic rings. The van der Waals surface area contributed by atoms with Crippen LogP contribution in [0.15, 0.2) is 122 Å². The number of benzene rings is 2. The van der Waals surface area contributed by atoms with Crippen molar-refractivity contribution in [1.82, 2.24) is 49.0 Å². The summed E-state index contributed by atoms with van der Waals surface area (Å²) in [4.78, 5) is 43.5. The smallest absolute Gasteiger partial charge is 0.169 e. The lowest BCUT2D eigenvalue weighted by molar-refractivity contribution is -0.116. The number of aldehydes is 1. The zero-order valence-corrected chi connectivity index (χ0v) is 42.4. The van der Waals surface area contributed by atoms with E-state index in [4.69, 9.17) is 29.6 Å². The van der Waals surface area contributed by atoms with E-state index in [9.17, 15) is 13.6 Å². The molecule has 0 N–H and O–H groups in total. The number of hydrogen-bond acceptors (Lipinski definition) is 15. The fourth-order valence-corrected chi connectivity index (χ4v) is 11.0. The van der Waals surface area contributed by atoms with E-state index in [0.717, 1.165) is 172 Å². The summed E-state index contributed by atoms with van der Waals surface area (Å²) in [7, 11) is 3.34. The molecule has 12 rings (SSSR count). The molecular weight excluding hydrogens is 955 g/mol. The highest BCUT2D eigenvalue weighted by Crippen LogP contribution is 2.38. The molecule has 2 aromatic carbocycles. The number of rotatable bonds is 14. The third-order valence-corrected chi connectivity index (χ3v) is 14.9. The van der Waals surface area contributed by atoms with E-state index in [1.54, 1.807) is 38.5 Å². The quantitative estimate of drug-likeness (QED) is 0.0779. The molecule has 4 fully saturated rings. The number of ether oxygens (including phenoxy) is 2. The first-order chi connectivity index (χ1) is 36.8. The Labute approximate surface area is 434 Å². The maximum absolute atomic E-state index is 14.0. The van der Waals surface area contributed by atoms with Gasteiger partial charge in [0.05, 0.1) is 42.4 Å². The minimum Gasteiger partial charge on any atom is -0.355 e. The van der Waals surface area contributed by atoms with Gasteiger partial charge in [0.15, 0.2) is 17.6 Å². The number of hydrogen-bond donors (Lipinski definition) is 0. The molecule has 10 heterocycles. The van der Waals surface area contributed by atoms with E-state index < -0.39 is 0 Å². The number of methoxy groups -OCH3 is 2. The van der Waals surface area contributed by atoms with Gasteiger partial charge in [-0.25, -0.2) is 37.7 Å². The SMILES string of the molecule is COC(CN1CCN(c2cccc(-c3cnc4ccc(N5CCC[C@@H]5c5cccc(F)c5)nn34)n2)CC1)OC.O=CCN1CCN(c2cccc(-c3cnc4ccc(N5CCC[C@@H]5c5cccc(F)c5)nn34)n2)CC1. The average molecular weight is 1020 g/mol. The van der Waals surface area contributed by atoms with Gasteiger partial charge in [0.2, 0.25) is 0 Å². The fraction of sp³-hybridized carbons (Fsp3) is 0.375. The highest BCUT2D eigenvalue weighted by atomic mass is 19.1. The lowest BCUT2D eigenvalue weighted by Crippen LogP contribution is -2.49. The number of carbonyl (C=O) groups excluding carboxylic acids is 1. The monoisotopic (exact) mass is 1020 g/mol. The van der Waals surface area contributed by atoms with Gasteiger partial charge in [-0.1, -0.05) is 36.4 Å². The largest absolute Gasteiger partial charge is 0.355 e. The van der Waals surface area contributed by atoms with E-state index >= 15 is 0 Å². The zero-order chi connectivity index (χ0) is 51.3. The molecule has 0 radical (unpaired) electrons. The molecule has 0 spiro atoms. The Balaban J connectivity index is 0.000000161. The second kappa shape index (κ2) is 22.6. The number of aromatic nitrogens is 8. The van der Waals surface area contributed by atoms with Gasteiger partial charge in [0.1, 0.15) is 52.6 Å². The number of imidazole rings is 2. The van der Waals surface area contributed by atoms with Crippen LogP contribution in [0.3, 0.4) is 0 Å². The predicted molar refractivity (Wildman–Crippen MR) is 285 cm³/mol. The van der Waals surface area contributed by atoms with Crippen LogP contribution in [0.1, 0.15) is 48.9 Å². The average Bonchev–Trinajstić information content (AvgIpc) is 4.31. The molecule has 0 bridgehead atoms. The summed E-state index contributed by atoms with van der Waals surface area (Å²) >= 11 is 0. The van der Waals surface area contributed by atoms with E-state index in [0.29, 0.717) is 6.54 Å². The van der Waals surface area contributed by atoms with Crippen LogP contribution in [0.4, 0.5) is 32.1 Å². The summed E-state index contributed by atoms with van der Waals surface area (Å²) in [6.07, 6.45) is 8.39. The van der Waals surface area contributed by atoms with Gasteiger partial charge >= 0.3 is 0 Å². The maximum Gasteiger partial charge on any atom is 0.169 e. The van der Waals surface area contributed by atoms with Crippen LogP contribution >= 0.6 is 0 Å². The van der Waals surface area contributed by atoms with Crippen LogP contribution in [0.25, 0.3) is 34.1 Å². The molecule has 19 heteroatoms. The molecule has 388 valence electrons. The molecule has 0 saturated carbocycles. The van der Waals surface area contributed by atoms with Crippen LogP contribution in [-0.4, -0.2) is 154 Å². The van der Waals surface area contributed by atoms with Crippen molar-refractivity contribution in [1.29, 1.82) is 0 Å². The first-order valence-corrected chi connectivity index (χ1v) is 25.9. The van der Waals surface area contributed by atoms with Crippen molar-refractivity contribution in [2.45, 2.75) is 44.1 Å². The summed E-state index contributed by atoms with van der Waals surface area (Å²) in [5.74, 6) is 3.13. The summed E-state index contributed by atoms with van der Waals surface area (Å²) < 4.78 is 42.3. The molecule has 4 aliphatic heterocycles. The zero-order valence-electron chi connectivity index (χ0n) is 42.4. The first-order valence-electron chi connectivity index (χ1n) is 25.9. The van der Waals surface area contributed by atoms with Crippen LogP contribution in [-0.2, 0) is 14.3 Å². The first kappa shape index (κ1) is 49.7. The van der Waals surface area contributed by atoms with Crippen LogP contribution in [0.2, 0.25) is 0 Å². The van der Waals surface area contributed by atoms with Gasteiger partial charge in [-0.15, -0.1) is 10.2 Å². The number of carbonyl (C=O) groups is 1. The number of fused-ring (bicyclic) bond motifs is 2. The molecule has 0 amide bonds. The van der Waals surface area contributed by atoms with E-state index in [1.807, 2.05) is 88.2 Å². The Morgan fingerprint density at radius 3 is 1.48 bits per heavy atom. The summed E-state index contributed by atoms with van der Waals surface area (Å²) in [6, 6.07) is 34.0. The Kier molecular flexibility index (Phi) is 15.0. The Hall–Kier alpha value is -7.45. The van der Waals surface area contributed by atoms with Crippen molar-refractivity contribution in [3.05, 3.63) is 144 Å². The van der Waals surface area contributed by atoms with E-state index in [2.05, 4.69) is 45.4 Å². The summed E-state index contributed by atoms with van der Waals surface area (Å²) in [6.45, 7) is 9.90. The van der Waals surface area contributed by atoms with Gasteiger partial charge in [0, 0.05) is 86.2 Å². The number of anilines is 4. The second-order valence-corrected chi connectivity index (χ2v) is 19.4. The minimum atomic E-state index is -0.213.